The third-order valence-corrected chi connectivity index (χ3v) is 4.75. The maximum atomic E-state index is 5.76. The normalized spacial score (nSPS) is 10.2. The zero-order valence-corrected chi connectivity index (χ0v) is 16.6. The fourth-order valence-corrected chi connectivity index (χ4v) is 3.29. The molecule has 0 spiro atoms. The minimum Gasteiger partial charge on any atom is -0.497 e. The van der Waals surface area contributed by atoms with Crippen LogP contribution in [0.2, 0.25) is 0 Å². The summed E-state index contributed by atoms with van der Waals surface area (Å²) in [5, 5.41) is 6.75. The Morgan fingerprint density at radius 2 is 1.97 bits per heavy atom. The molecule has 2 aromatic heterocycles. The molecule has 4 rings (SSSR count). The third kappa shape index (κ3) is 4.81. The van der Waals surface area contributed by atoms with Crippen molar-refractivity contribution < 1.29 is 9.47 Å². The van der Waals surface area contributed by atoms with Gasteiger partial charge in [0.2, 0.25) is 0 Å². The van der Waals surface area contributed by atoms with Crippen LogP contribution in [0.15, 0.2) is 60.2 Å². The maximum absolute atomic E-state index is 5.76. The van der Waals surface area contributed by atoms with E-state index in [1.807, 2.05) is 53.9 Å². The summed E-state index contributed by atoms with van der Waals surface area (Å²) in [5.41, 5.74) is 1.61. The van der Waals surface area contributed by atoms with Crippen LogP contribution >= 0.6 is 11.3 Å². The van der Waals surface area contributed by atoms with E-state index in [2.05, 4.69) is 32.1 Å². The van der Waals surface area contributed by atoms with E-state index in [0.717, 1.165) is 22.5 Å². The number of fused-ring (bicyclic) bond motifs is 1. The van der Waals surface area contributed by atoms with Crippen molar-refractivity contribution in [3.05, 3.63) is 65.9 Å². The van der Waals surface area contributed by atoms with Crippen LogP contribution in [0, 0.1) is 11.8 Å². The van der Waals surface area contributed by atoms with Gasteiger partial charge in [0.1, 0.15) is 29.3 Å². The minimum atomic E-state index is 0.549. The van der Waals surface area contributed by atoms with Gasteiger partial charge in [-0.3, -0.25) is 0 Å². The predicted molar refractivity (Wildman–Crippen MR) is 115 cm³/mol. The number of thiazole rings is 1. The van der Waals surface area contributed by atoms with Crippen LogP contribution in [0.4, 0.5) is 5.82 Å². The van der Waals surface area contributed by atoms with Crippen molar-refractivity contribution in [2.24, 2.45) is 0 Å². The first-order valence-electron chi connectivity index (χ1n) is 9.02. The molecule has 0 aliphatic carbocycles. The van der Waals surface area contributed by atoms with Crippen LogP contribution in [-0.4, -0.2) is 28.6 Å². The molecule has 4 aromatic rings. The monoisotopic (exact) mass is 402 g/mol. The molecule has 2 heterocycles. The smallest absolute Gasteiger partial charge is 0.279 e. The molecule has 0 saturated carbocycles. The Hall–Kier alpha value is -3.63. The van der Waals surface area contributed by atoms with E-state index < -0.39 is 0 Å². The van der Waals surface area contributed by atoms with Crippen molar-refractivity contribution in [1.82, 2.24) is 15.0 Å². The zero-order chi connectivity index (χ0) is 19.9. The van der Waals surface area contributed by atoms with Gasteiger partial charge in [-0.05, 0) is 30.2 Å². The van der Waals surface area contributed by atoms with Gasteiger partial charge in [0.25, 0.3) is 5.19 Å². The number of nitrogens with zero attached hydrogens (tertiary/aromatic N) is 3. The van der Waals surface area contributed by atoms with E-state index in [1.54, 1.807) is 13.4 Å². The molecule has 6 nitrogen and oxygen atoms in total. The van der Waals surface area contributed by atoms with Crippen molar-refractivity contribution in [3.63, 3.8) is 0 Å². The molecule has 2 aromatic carbocycles. The molecule has 0 aliphatic rings. The van der Waals surface area contributed by atoms with E-state index >= 15 is 0 Å². The molecule has 7 heteroatoms. The highest BCUT2D eigenvalue weighted by atomic mass is 32.1. The topological polar surface area (TPSA) is 69.2 Å². The molecule has 1 N–H and O–H groups in total. The Labute approximate surface area is 172 Å². The highest BCUT2D eigenvalue weighted by molar-refractivity contribution is 7.11. The quantitative estimate of drug-likeness (QED) is 0.371. The lowest BCUT2D eigenvalue weighted by molar-refractivity contribution is 0.409. The zero-order valence-electron chi connectivity index (χ0n) is 15.8. The molecular formula is C22H18N4O2S. The van der Waals surface area contributed by atoms with Gasteiger partial charge in [0, 0.05) is 29.8 Å². The first kappa shape index (κ1) is 18.7. The molecule has 0 fully saturated rings. The van der Waals surface area contributed by atoms with Crippen LogP contribution in [0.3, 0.4) is 0 Å². The van der Waals surface area contributed by atoms with E-state index in [1.165, 1.54) is 11.3 Å². The Balaban J connectivity index is 1.32. The van der Waals surface area contributed by atoms with Gasteiger partial charge in [-0.1, -0.05) is 35.5 Å². The molecule has 0 amide bonds. The first-order valence-corrected chi connectivity index (χ1v) is 9.90. The first-order chi connectivity index (χ1) is 14.3. The Bertz CT molecular complexity index is 1170. The van der Waals surface area contributed by atoms with Crippen molar-refractivity contribution in [1.29, 1.82) is 0 Å². The number of nitrogens with one attached hydrogen (secondary N) is 1. The van der Waals surface area contributed by atoms with Crippen LogP contribution in [0.1, 0.15) is 12.1 Å². The van der Waals surface area contributed by atoms with Gasteiger partial charge in [0.15, 0.2) is 0 Å². The fourth-order valence-electron chi connectivity index (χ4n) is 2.67. The molecule has 0 unspecified atom stereocenters. The molecule has 0 bridgehead atoms. The lowest BCUT2D eigenvalue weighted by Crippen LogP contribution is -2.03. The number of hydrogen-bond acceptors (Lipinski definition) is 7. The predicted octanol–water partition coefficient (Wildman–Crippen LogP) is 4.74. The van der Waals surface area contributed by atoms with E-state index in [0.29, 0.717) is 29.6 Å². The Morgan fingerprint density at radius 1 is 1.07 bits per heavy atom. The van der Waals surface area contributed by atoms with Gasteiger partial charge in [-0.25, -0.2) is 9.97 Å². The summed E-state index contributed by atoms with van der Waals surface area (Å²) in [6.07, 6.45) is 2.23. The van der Waals surface area contributed by atoms with Crippen LogP contribution in [0.5, 0.6) is 16.7 Å². The maximum Gasteiger partial charge on any atom is 0.279 e. The molecular weight excluding hydrogens is 384 g/mol. The van der Waals surface area contributed by atoms with Gasteiger partial charge >= 0.3 is 0 Å². The molecule has 29 heavy (non-hydrogen) atoms. The largest absolute Gasteiger partial charge is 0.497 e. The third-order valence-electron chi connectivity index (χ3n) is 4.03. The average Bonchev–Trinajstić information content (AvgIpc) is 3.21. The number of para-hydroxylation sites is 1. The van der Waals surface area contributed by atoms with Crippen molar-refractivity contribution >= 4 is 28.1 Å². The number of benzene rings is 2. The summed E-state index contributed by atoms with van der Waals surface area (Å²) in [4.78, 5) is 13.0. The lowest BCUT2D eigenvalue weighted by Gasteiger charge is -2.05. The van der Waals surface area contributed by atoms with Crippen molar-refractivity contribution in [2.75, 3.05) is 19.0 Å². The van der Waals surface area contributed by atoms with Crippen molar-refractivity contribution in [3.8, 4) is 28.5 Å². The van der Waals surface area contributed by atoms with Crippen molar-refractivity contribution in [2.45, 2.75) is 6.42 Å². The summed E-state index contributed by atoms with van der Waals surface area (Å²) < 4.78 is 11.0. The highest BCUT2D eigenvalue weighted by Gasteiger charge is 2.04. The summed E-state index contributed by atoms with van der Waals surface area (Å²) in [6.45, 7) is 0.686. The summed E-state index contributed by atoms with van der Waals surface area (Å²) in [6, 6.07) is 15.3. The molecule has 144 valence electrons. The van der Waals surface area contributed by atoms with Crippen LogP contribution in [-0.2, 0) is 0 Å². The summed E-state index contributed by atoms with van der Waals surface area (Å²) >= 11 is 1.41. The van der Waals surface area contributed by atoms with Gasteiger partial charge in [-0.2, -0.15) is 4.98 Å². The molecule has 0 aliphatic heterocycles. The number of hydrogen-bond donors (Lipinski definition) is 1. The highest BCUT2D eigenvalue weighted by Crippen LogP contribution is 2.27. The van der Waals surface area contributed by atoms with Gasteiger partial charge < -0.3 is 14.8 Å². The SMILES string of the molecule is COc1cccc(Oc2nc(C#CCCNc3ncnc4ccccc34)cs2)c1. The van der Waals surface area contributed by atoms with E-state index in [-0.39, 0.29) is 0 Å². The summed E-state index contributed by atoms with van der Waals surface area (Å²) in [7, 11) is 1.62. The number of aromatic nitrogens is 3. The molecule has 0 radical (unpaired) electrons. The van der Waals surface area contributed by atoms with E-state index in [4.69, 9.17) is 9.47 Å². The molecule has 0 atom stereocenters. The van der Waals surface area contributed by atoms with Crippen LogP contribution < -0.4 is 14.8 Å². The second-order valence-electron chi connectivity index (χ2n) is 6.00. The number of anilines is 1. The fraction of sp³-hybridized carbons (Fsp3) is 0.136. The van der Waals surface area contributed by atoms with Gasteiger partial charge in [-0.15, -0.1) is 0 Å². The molecule has 0 saturated heterocycles. The van der Waals surface area contributed by atoms with Crippen LogP contribution in [0.25, 0.3) is 10.9 Å². The number of rotatable bonds is 6. The Morgan fingerprint density at radius 3 is 2.90 bits per heavy atom. The second kappa shape index (κ2) is 9.04. The van der Waals surface area contributed by atoms with Gasteiger partial charge in [0.05, 0.1) is 12.6 Å². The second-order valence-corrected chi connectivity index (χ2v) is 6.82. The average molecular weight is 402 g/mol. The summed E-state index contributed by atoms with van der Waals surface area (Å²) in [5.74, 6) is 8.44. The standard InChI is InChI=1S/C22H18N4O2S/c1-27-17-8-6-9-18(13-17)28-22-26-16(14-29-22)7-4-5-12-23-21-19-10-2-3-11-20(19)24-15-25-21/h2-3,6,8-11,13-15H,5,12H2,1H3,(H,23,24,25). The number of ether oxygens (including phenoxy) is 2. The Kier molecular flexibility index (Phi) is 5.84. The minimum absolute atomic E-state index is 0.549. The lowest BCUT2D eigenvalue weighted by atomic mass is 10.2. The number of methoxy groups -OCH3 is 1. The van der Waals surface area contributed by atoms with E-state index in [9.17, 15) is 0 Å².